The van der Waals surface area contributed by atoms with E-state index in [0.717, 1.165) is 6.42 Å². The molecule has 4 rings (SSSR count). The van der Waals surface area contributed by atoms with E-state index in [4.69, 9.17) is 9.47 Å². The third-order valence-corrected chi connectivity index (χ3v) is 4.22. The molecule has 14 heavy (non-hydrogen) atoms. The van der Waals surface area contributed by atoms with Gasteiger partial charge in [0.2, 0.25) is 6.29 Å². The topological polar surface area (TPSA) is 35.5 Å². The van der Waals surface area contributed by atoms with Gasteiger partial charge in [-0.25, -0.2) is 0 Å². The number of Topliss-reactive ketones (excluding diaryl/α,β-unsaturated/α-hetero) is 1. The summed E-state index contributed by atoms with van der Waals surface area (Å²) in [5.41, 5.74) is 0. The molecular weight excluding hydrogens is 180 g/mol. The van der Waals surface area contributed by atoms with Crippen molar-refractivity contribution >= 4 is 5.78 Å². The molecule has 2 aliphatic heterocycles. The van der Waals surface area contributed by atoms with E-state index in [9.17, 15) is 4.79 Å². The SMILES string of the molecule is O=C1[C@H]2OC[C@H](O2)[C@H]2[C@@H]1[C@@H]1C=C[C@H]2C1. The van der Waals surface area contributed by atoms with Crippen molar-refractivity contribution in [2.45, 2.75) is 18.8 Å². The standard InChI is InChI=1S/C11H12O3/c12-10-9-6-2-1-5(3-6)8(9)7-4-13-11(10)14-7/h1-2,5-9,11H,3-4H2/t5-,6+,7-,8-,9-,11-/m0/s1. The predicted molar refractivity (Wildman–Crippen MR) is 47.3 cm³/mol. The average Bonchev–Trinajstić information content (AvgIpc) is 2.89. The Morgan fingerprint density at radius 1 is 1.29 bits per heavy atom. The fourth-order valence-corrected chi connectivity index (χ4v) is 3.70. The summed E-state index contributed by atoms with van der Waals surface area (Å²) >= 11 is 0. The highest BCUT2D eigenvalue weighted by atomic mass is 16.7. The number of ketones is 1. The number of hydrogen-bond donors (Lipinski definition) is 0. The molecule has 3 heteroatoms. The predicted octanol–water partition coefficient (Wildman–Crippen LogP) is 0.749. The van der Waals surface area contributed by atoms with Crippen LogP contribution >= 0.6 is 0 Å². The maximum Gasteiger partial charge on any atom is 0.218 e. The lowest BCUT2D eigenvalue weighted by Gasteiger charge is -2.34. The Morgan fingerprint density at radius 3 is 3.07 bits per heavy atom. The van der Waals surface area contributed by atoms with Gasteiger partial charge in [0.25, 0.3) is 0 Å². The minimum atomic E-state index is -0.533. The molecule has 0 aromatic carbocycles. The van der Waals surface area contributed by atoms with Crippen LogP contribution in [0.5, 0.6) is 0 Å². The molecule has 2 aliphatic carbocycles. The van der Waals surface area contributed by atoms with Crippen molar-refractivity contribution in [3.05, 3.63) is 12.2 Å². The highest BCUT2D eigenvalue weighted by molar-refractivity contribution is 5.87. The fourth-order valence-electron chi connectivity index (χ4n) is 3.70. The summed E-state index contributed by atoms with van der Waals surface area (Å²) in [5, 5.41) is 0. The second kappa shape index (κ2) is 2.28. The zero-order valence-electron chi connectivity index (χ0n) is 7.76. The van der Waals surface area contributed by atoms with E-state index >= 15 is 0 Å². The Hall–Kier alpha value is -0.670. The Labute approximate surface area is 82.1 Å². The Kier molecular flexibility index (Phi) is 1.24. The van der Waals surface area contributed by atoms with Crippen LogP contribution in [0.15, 0.2) is 12.2 Å². The average molecular weight is 192 g/mol. The first-order valence-corrected chi connectivity index (χ1v) is 5.34. The van der Waals surface area contributed by atoms with Crippen molar-refractivity contribution in [3.8, 4) is 0 Å². The zero-order valence-corrected chi connectivity index (χ0v) is 7.76. The summed E-state index contributed by atoms with van der Waals surface area (Å²) in [6, 6.07) is 0. The van der Waals surface area contributed by atoms with E-state index in [1.54, 1.807) is 0 Å². The largest absolute Gasteiger partial charge is 0.343 e. The summed E-state index contributed by atoms with van der Waals surface area (Å²) in [4.78, 5) is 12.0. The van der Waals surface area contributed by atoms with Crippen molar-refractivity contribution < 1.29 is 14.3 Å². The molecule has 0 unspecified atom stereocenters. The first kappa shape index (κ1) is 7.60. The molecule has 0 aromatic heterocycles. The minimum absolute atomic E-state index is 0.183. The summed E-state index contributed by atoms with van der Waals surface area (Å²) in [5.74, 6) is 1.86. The van der Waals surface area contributed by atoms with E-state index < -0.39 is 6.29 Å². The van der Waals surface area contributed by atoms with E-state index in [1.807, 2.05) is 0 Å². The molecule has 2 saturated heterocycles. The lowest BCUT2D eigenvalue weighted by atomic mass is 9.76. The number of carbonyl (C=O) groups is 1. The molecule has 1 saturated carbocycles. The van der Waals surface area contributed by atoms with Gasteiger partial charge in [-0.05, 0) is 18.3 Å². The van der Waals surface area contributed by atoms with Crippen molar-refractivity contribution in [1.82, 2.24) is 0 Å². The first-order chi connectivity index (χ1) is 6.84. The molecular formula is C11H12O3. The molecule has 0 amide bonds. The molecule has 4 aliphatic rings. The van der Waals surface area contributed by atoms with Crippen molar-refractivity contribution in [3.63, 3.8) is 0 Å². The van der Waals surface area contributed by atoms with Gasteiger partial charge in [0, 0.05) is 11.8 Å². The van der Waals surface area contributed by atoms with Crippen LogP contribution in [0.25, 0.3) is 0 Å². The van der Waals surface area contributed by atoms with Crippen LogP contribution in [0, 0.1) is 23.7 Å². The van der Waals surface area contributed by atoms with Crippen LogP contribution in [0.2, 0.25) is 0 Å². The van der Waals surface area contributed by atoms with Gasteiger partial charge in [-0.2, -0.15) is 0 Å². The lowest BCUT2D eigenvalue weighted by molar-refractivity contribution is -0.166. The van der Waals surface area contributed by atoms with Crippen LogP contribution in [-0.2, 0) is 14.3 Å². The molecule has 4 bridgehead atoms. The van der Waals surface area contributed by atoms with Crippen LogP contribution < -0.4 is 0 Å². The summed E-state index contributed by atoms with van der Waals surface area (Å²) in [6.07, 6.45) is 5.29. The number of ether oxygens (including phenoxy) is 2. The van der Waals surface area contributed by atoms with Crippen LogP contribution in [0.4, 0.5) is 0 Å². The monoisotopic (exact) mass is 192 g/mol. The van der Waals surface area contributed by atoms with E-state index in [-0.39, 0.29) is 17.8 Å². The van der Waals surface area contributed by atoms with Crippen LogP contribution in [0.1, 0.15) is 6.42 Å². The molecule has 3 nitrogen and oxygen atoms in total. The second-order valence-electron chi connectivity index (χ2n) is 4.79. The van der Waals surface area contributed by atoms with Gasteiger partial charge in [0.15, 0.2) is 5.78 Å². The van der Waals surface area contributed by atoms with E-state index in [0.29, 0.717) is 24.4 Å². The maximum absolute atomic E-state index is 12.0. The smallest absolute Gasteiger partial charge is 0.218 e. The molecule has 3 fully saturated rings. The van der Waals surface area contributed by atoms with E-state index in [1.165, 1.54) is 0 Å². The quantitative estimate of drug-likeness (QED) is 0.531. The molecule has 2 heterocycles. The van der Waals surface area contributed by atoms with Gasteiger partial charge < -0.3 is 9.47 Å². The molecule has 0 spiro atoms. The Morgan fingerprint density at radius 2 is 2.14 bits per heavy atom. The fraction of sp³-hybridized carbons (Fsp3) is 0.727. The minimum Gasteiger partial charge on any atom is -0.343 e. The summed E-state index contributed by atoms with van der Waals surface area (Å²) < 4.78 is 10.9. The van der Waals surface area contributed by atoms with Gasteiger partial charge in [-0.3, -0.25) is 4.79 Å². The molecule has 0 N–H and O–H groups in total. The van der Waals surface area contributed by atoms with Crippen molar-refractivity contribution in [2.24, 2.45) is 23.7 Å². The lowest BCUT2D eigenvalue weighted by Crippen LogP contribution is -2.45. The number of allylic oxidation sites excluding steroid dienone is 2. The summed E-state index contributed by atoms with van der Waals surface area (Å²) in [6.45, 7) is 0.620. The van der Waals surface area contributed by atoms with Crippen molar-refractivity contribution in [1.29, 1.82) is 0 Å². The Bertz CT molecular complexity index is 335. The highest BCUT2D eigenvalue weighted by Gasteiger charge is 2.59. The van der Waals surface area contributed by atoms with Crippen LogP contribution in [0.3, 0.4) is 0 Å². The molecule has 74 valence electrons. The third-order valence-electron chi connectivity index (χ3n) is 4.22. The number of rotatable bonds is 0. The number of carbonyl (C=O) groups excluding carboxylic acids is 1. The van der Waals surface area contributed by atoms with Gasteiger partial charge in [-0.15, -0.1) is 0 Å². The molecule has 6 atom stereocenters. The van der Waals surface area contributed by atoms with Gasteiger partial charge in [0.05, 0.1) is 12.7 Å². The highest BCUT2D eigenvalue weighted by Crippen LogP contribution is 2.54. The number of fused-ring (bicyclic) bond motifs is 8. The van der Waals surface area contributed by atoms with Gasteiger partial charge >= 0.3 is 0 Å². The van der Waals surface area contributed by atoms with Gasteiger partial charge in [-0.1, -0.05) is 12.2 Å². The normalized spacial score (nSPS) is 58.1. The second-order valence-corrected chi connectivity index (χ2v) is 4.79. The number of hydrogen-bond acceptors (Lipinski definition) is 3. The van der Waals surface area contributed by atoms with Gasteiger partial charge in [0.1, 0.15) is 0 Å². The van der Waals surface area contributed by atoms with E-state index in [2.05, 4.69) is 12.2 Å². The van der Waals surface area contributed by atoms with Crippen molar-refractivity contribution in [2.75, 3.05) is 6.61 Å². The third kappa shape index (κ3) is 0.708. The Balaban J connectivity index is 1.81. The summed E-state index contributed by atoms with van der Waals surface area (Å²) in [7, 11) is 0. The maximum atomic E-state index is 12.0. The zero-order chi connectivity index (χ0) is 9.28. The molecule has 0 aromatic rings. The molecule has 0 radical (unpaired) electrons. The van der Waals surface area contributed by atoms with Crippen LogP contribution in [-0.4, -0.2) is 24.8 Å². The first-order valence-electron chi connectivity index (χ1n) is 5.34.